The van der Waals surface area contributed by atoms with Gasteiger partial charge in [0.1, 0.15) is 5.69 Å². The molecule has 0 spiro atoms. The van der Waals surface area contributed by atoms with Crippen molar-refractivity contribution < 1.29 is 9.84 Å². The van der Waals surface area contributed by atoms with Crippen molar-refractivity contribution in [2.24, 2.45) is 0 Å². The van der Waals surface area contributed by atoms with Crippen molar-refractivity contribution in [1.82, 2.24) is 4.75 Å². The van der Waals surface area contributed by atoms with E-state index in [0.29, 0.717) is 17.7 Å². The second-order valence-corrected chi connectivity index (χ2v) is 10.6. The van der Waals surface area contributed by atoms with Gasteiger partial charge >= 0.3 is 0 Å². The first kappa shape index (κ1) is 20.2. The summed E-state index contributed by atoms with van der Waals surface area (Å²) < 4.78 is 11.9. The SMILES string of the molecule is N#Cc1ccc(C23Oc4cp(Cc5ccccc5)nc4C2(O)CCC3c2ccccc2)cc1. The van der Waals surface area contributed by atoms with E-state index in [4.69, 9.17) is 9.48 Å². The second-order valence-electron chi connectivity index (χ2n) is 8.91. The fourth-order valence-electron chi connectivity index (χ4n) is 5.65. The highest BCUT2D eigenvalue weighted by Crippen LogP contribution is 2.67. The van der Waals surface area contributed by atoms with Crippen molar-refractivity contribution in [3.63, 3.8) is 0 Å². The Kier molecular flexibility index (Phi) is 4.66. The third kappa shape index (κ3) is 2.97. The highest BCUT2D eigenvalue weighted by atomic mass is 31.1. The minimum atomic E-state index is -1.21. The van der Waals surface area contributed by atoms with Crippen molar-refractivity contribution in [1.29, 1.82) is 5.26 Å². The summed E-state index contributed by atoms with van der Waals surface area (Å²) in [5, 5.41) is 21.6. The Morgan fingerprint density at radius 1 is 1.00 bits per heavy atom. The number of hydrogen-bond donors (Lipinski definition) is 1. The number of hydrogen-bond acceptors (Lipinski definition) is 4. The molecule has 4 aromatic rings. The highest BCUT2D eigenvalue weighted by molar-refractivity contribution is 7.44. The van der Waals surface area contributed by atoms with Gasteiger partial charge in [0.2, 0.25) is 0 Å². The van der Waals surface area contributed by atoms with Gasteiger partial charge in [-0.25, -0.2) is 4.75 Å². The van der Waals surface area contributed by atoms with E-state index < -0.39 is 18.9 Å². The standard InChI is InChI=1S/C28H23N2O2P/c29-17-20-11-13-23(14-12-20)28-24(22-9-5-2-6-10-22)15-16-27(28,31)26-25(32-28)19-33(30-26)18-21-7-3-1-4-8-21/h1-14,19,24,31H,15-16,18H2. The summed E-state index contributed by atoms with van der Waals surface area (Å²) in [6.45, 7) is 0. The molecule has 0 bridgehead atoms. The van der Waals surface area contributed by atoms with Gasteiger partial charge in [-0.3, -0.25) is 0 Å². The van der Waals surface area contributed by atoms with Crippen molar-refractivity contribution in [3.05, 3.63) is 119 Å². The number of nitriles is 1. The minimum Gasteiger partial charge on any atom is -0.476 e. The van der Waals surface area contributed by atoms with Crippen LogP contribution in [0.25, 0.3) is 0 Å². The summed E-state index contributed by atoms with van der Waals surface area (Å²) in [4.78, 5) is 0. The van der Waals surface area contributed by atoms with Gasteiger partial charge < -0.3 is 9.84 Å². The summed E-state index contributed by atoms with van der Waals surface area (Å²) in [5.41, 5.74) is 2.40. The Hall–Kier alpha value is -3.38. The number of nitrogens with zero attached hydrogens (tertiary/aromatic N) is 2. The Morgan fingerprint density at radius 2 is 1.70 bits per heavy atom. The van der Waals surface area contributed by atoms with Crippen molar-refractivity contribution in [2.45, 2.75) is 36.1 Å². The molecule has 33 heavy (non-hydrogen) atoms. The van der Waals surface area contributed by atoms with Crippen LogP contribution in [0.1, 0.15) is 46.7 Å². The summed E-state index contributed by atoms with van der Waals surface area (Å²) >= 11 is 0. The molecular formula is C28H23N2O2P. The Bertz CT molecular complexity index is 1340. The predicted molar refractivity (Wildman–Crippen MR) is 128 cm³/mol. The van der Waals surface area contributed by atoms with E-state index >= 15 is 0 Å². The zero-order valence-electron chi connectivity index (χ0n) is 18.1. The lowest BCUT2D eigenvalue weighted by Crippen LogP contribution is -2.48. The molecule has 0 radical (unpaired) electrons. The molecule has 0 amide bonds. The van der Waals surface area contributed by atoms with E-state index in [2.05, 4.69) is 36.1 Å². The van der Waals surface area contributed by atoms with Crippen LogP contribution in [-0.2, 0) is 17.4 Å². The van der Waals surface area contributed by atoms with Crippen molar-refractivity contribution in [2.75, 3.05) is 0 Å². The second kappa shape index (κ2) is 7.59. The molecule has 6 rings (SSSR count). The van der Waals surface area contributed by atoms with Gasteiger partial charge in [-0.2, -0.15) is 5.26 Å². The lowest BCUT2D eigenvalue weighted by molar-refractivity contribution is -0.107. The van der Waals surface area contributed by atoms with E-state index in [1.54, 1.807) is 12.1 Å². The predicted octanol–water partition coefficient (Wildman–Crippen LogP) is 6.04. The summed E-state index contributed by atoms with van der Waals surface area (Å²) in [6.07, 6.45) is 2.22. The molecule has 1 fully saturated rings. The number of ether oxygens (including phenoxy) is 1. The summed E-state index contributed by atoms with van der Waals surface area (Å²) in [6, 6.07) is 30.3. The quantitative estimate of drug-likeness (QED) is 0.412. The molecule has 1 aliphatic carbocycles. The molecule has 4 nitrogen and oxygen atoms in total. The Balaban J connectivity index is 1.47. The molecule has 1 N–H and O–H groups in total. The fourth-order valence-corrected chi connectivity index (χ4v) is 7.42. The molecule has 2 aliphatic rings. The van der Waals surface area contributed by atoms with Crippen LogP contribution in [0.3, 0.4) is 0 Å². The third-order valence-electron chi connectivity index (χ3n) is 7.12. The minimum absolute atomic E-state index is 0.0220. The normalized spacial score (nSPS) is 25.7. The molecule has 162 valence electrons. The molecule has 5 heteroatoms. The van der Waals surface area contributed by atoms with Gasteiger partial charge in [0.15, 0.2) is 17.0 Å². The van der Waals surface area contributed by atoms with Gasteiger partial charge in [-0.05, 0) is 49.4 Å². The fraction of sp³-hybridized carbons (Fsp3) is 0.214. The molecule has 2 heterocycles. The van der Waals surface area contributed by atoms with Gasteiger partial charge in [0.25, 0.3) is 0 Å². The maximum absolute atomic E-state index is 12.3. The molecule has 3 aromatic carbocycles. The van der Waals surface area contributed by atoms with Gasteiger partial charge in [0, 0.05) is 17.9 Å². The molecule has 4 unspecified atom stereocenters. The van der Waals surface area contributed by atoms with Crippen LogP contribution in [-0.4, -0.2) is 9.85 Å². The molecule has 4 atom stereocenters. The van der Waals surface area contributed by atoms with Crippen LogP contribution in [0.4, 0.5) is 0 Å². The number of aromatic nitrogens is 1. The van der Waals surface area contributed by atoms with Crippen LogP contribution in [0, 0.1) is 11.3 Å². The average Bonchev–Trinajstić information content (AvgIpc) is 3.46. The zero-order valence-corrected chi connectivity index (χ0v) is 19.0. The first-order chi connectivity index (χ1) is 16.1. The summed E-state index contributed by atoms with van der Waals surface area (Å²) in [5.74, 6) is 2.83. The van der Waals surface area contributed by atoms with Crippen LogP contribution < -0.4 is 4.74 Å². The number of benzene rings is 3. The smallest absolute Gasteiger partial charge is 0.175 e. The largest absolute Gasteiger partial charge is 0.476 e. The average molecular weight is 450 g/mol. The molecule has 1 aromatic heterocycles. The Labute approximate surface area is 194 Å². The van der Waals surface area contributed by atoms with Crippen LogP contribution >= 0.6 is 7.69 Å². The van der Waals surface area contributed by atoms with Crippen LogP contribution in [0.5, 0.6) is 5.75 Å². The van der Waals surface area contributed by atoms with E-state index in [0.717, 1.165) is 29.5 Å². The molecule has 0 saturated heterocycles. The van der Waals surface area contributed by atoms with Crippen LogP contribution in [0.2, 0.25) is 0 Å². The Morgan fingerprint density at radius 3 is 2.39 bits per heavy atom. The molecular weight excluding hydrogens is 427 g/mol. The summed E-state index contributed by atoms with van der Waals surface area (Å²) in [7, 11) is -0.780. The van der Waals surface area contributed by atoms with Gasteiger partial charge in [0.05, 0.1) is 11.6 Å². The van der Waals surface area contributed by atoms with E-state index in [9.17, 15) is 10.4 Å². The van der Waals surface area contributed by atoms with Gasteiger partial charge in [-0.15, -0.1) is 0 Å². The maximum atomic E-state index is 12.3. The van der Waals surface area contributed by atoms with Crippen molar-refractivity contribution >= 4 is 7.69 Å². The van der Waals surface area contributed by atoms with Crippen molar-refractivity contribution in [3.8, 4) is 11.8 Å². The monoisotopic (exact) mass is 450 g/mol. The topological polar surface area (TPSA) is 66.1 Å². The lowest BCUT2D eigenvalue weighted by Gasteiger charge is -2.40. The van der Waals surface area contributed by atoms with E-state index in [-0.39, 0.29) is 5.92 Å². The number of fused-ring (bicyclic) bond motifs is 3. The first-order valence-electron chi connectivity index (χ1n) is 11.2. The molecule has 1 saturated carbocycles. The molecule has 1 aliphatic heterocycles. The first-order valence-corrected chi connectivity index (χ1v) is 12.8. The van der Waals surface area contributed by atoms with Crippen LogP contribution in [0.15, 0.2) is 90.7 Å². The van der Waals surface area contributed by atoms with E-state index in [1.807, 2.05) is 48.5 Å². The van der Waals surface area contributed by atoms with E-state index in [1.165, 1.54) is 5.56 Å². The number of aliphatic hydroxyl groups is 1. The number of rotatable bonds is 4. The maximum Gasteiger partial charge on any atom is 0.175 e. The third-order valence-corrected chi connectivity index (χ3v) is 8.80. The highest BCUT2D eigenvalue weighted by Gasteiger charge is 2.69. The zero-order chi connectivity index (χ0) is 22.5. The van der Waals surface area contributed by atoms with Gasteiger partial charge in [-0.1, -0.05) is 72.8 Å². The lowest BCUT2D eigenvalue weighted by atomic mass is 9.73.